The number of rotatable bonds is 15. The van der Waals surface area contributed by atoms with E-state index < -0.39 is 0 Å². The first-order chi connectivity index (χ1) is 27.7. The van der Waals surface area contributed by atoms with Gasteiger partial charge in [-0.15, -0.1) is 0 Å². The molecule has 0 atom stereocenters. The number of nitrogens with two attached hydrogens (primary N) is 1. The van der Waals surface area contributed by atoms with E-state index in [0.29, 0.717) is 64.2 Å². The van der Waals surface area contributed by atoms with Crippen molar-refractivity contribution in [1.82, 2.24) is 5.32 Å². The molecule has 0 saturated carbocycles. The molecule has 0 heterocycles. The van der Waals surface area contributed by atoms with E-state index in [0.717, 1.165) is 16.8 Å². The second-order valence-corrected chi connectivity index (χ2v) is 14.6. The first-order valence-corrected chi connectivity index (χ1v) is 18.6. The highest BCUT2D eigenvalue weighted by atomic mass is 16.5. The fraction of sp³-hybridized carbons (Fsp3) is 0.283. The Bertz CT molecular complexity index is 2170. The molecule has 0 radical (unpaired) electrons. The van der Waals surface area contributed by atoms with Crippen LogP contribution in [0.15, 0.2) is 109 Å². The van der Waals surface area contributed by atoms with Gasteiger partial charge in [-0.05, 0) is 83.9 Å². The van der Waals surface area contributed by atoms with Crippen molar-refractivity contribution >= 4 is 29.1 Å². The van der Waals surface area contributed by atoms with Gasteiger partial charge in [0.1, 0.15) is 5.75 Å². The molecule has 0 unspecified atom stereocenters. The average molecular weight is 791 g/mol. The van der Waals surface area contributed by atoms with Gasteiger partial charge in [-0.1, -0.05) is 64.1 Å². The lowest BCUT2D eigenvalue weighted by Crippen LogP contribution is -2.36. The zero-order valence-corrected chi connectivity index (χ0v) is 34.6. The molecule has 306 valence electrons. The summed E-state index contributed by atoms with van der Waals surface area (Å²) in [5.74, 6) is 2.04. The molecule has 0 fully saturated rings. The molecule has 12 nitrogen and oxygen atoms in total. The van der Waals surface area contributed by atoms with Gasteiger partial charge in [-0.3, -0.25) is 14.4 Å². The van der Waals surface area contributed by atoms with E-state index in [1.165, 1.54) is 14.2 Å². The number of methoxy groups -OCH3 is 5. The van der Waals surface area contributed by atoms with E-state index >= 15 is 0 Å². The van der Waals surface area contributed by atoms with Crippen molar-refractivity contribution in [2.45, 2.75) is 38.5 Å². The van der Waals surface area contributed by atoms with Gasteiger partial charge in [0, 0.05) is 46.4 Å². The van der Waals surface area contributed by atoms with E-state index in [1.54, 1.807) is 75.9 Å². The third-order valence-corrected chi connectivity index (χ3v) is 9.69. The number of nitrogens with one attached hydrogen (secondary N) is 3. The maximum Gasteiger partial charge on any atom is 0.255 e. The highest BCUT2D eigenvalue weighted by Crippen LogP contribution is 2.30. The summed E-state index contributed by atoms with van der Waals surface area (Å²) in [6.07, 6.45) is 0. The van der Waals surface area contributed by atoms with Crippen molar-refractivity contribution in [1.29, 1.82) is 0 Å². The number of amides is 3. The summed E-state index contributed by atoms with van der Waals surface area (Å²) in [4.78, 5) is 37.7. The minimum Gasteiger partial charge on any atom is -0.496 e. The van der Waals surface area contributed by atoms with Gasteiger partial charge in [0.15, 0.2) is 23.0 Å². The van der Waals surface area contributed by atoms with Crippen LogP contribution in [0, 0.1) is 0 Å². The summed E-state index contributed by atoms with van der Waals surface area (Å²) < 4.78 is 26.2. The van der Waals surface area contributed by atoms with Crippen molar-refractivity contribution in [3.63, 3.8) is 0 Å². The molecule has 0 spiro atoms. The van der Waals surface area contributed by atoms with Crippen LogP contribution in [-0.2, 0) is 10.8 Å². The predicted octanol–water partition coefficient (Wildman–Crippen LogP) is 7.86. The minimum absolute atomic E-state index is 0.0914. The SMILES string of the molecule is COc1ccc(C(=O)Nc2ccc(C(C)(C)CN)cc2)cc1OC.COc1ccc(C(=O)Nc2ccc(C(C)(C)CNC(=O)c3ccccc3OC)cc2)cc1OC. The first kappa shape index (κ1) is 44.2. The molecule has 5 rings (SSSR count). The summed E-state index contributed by atoms with van der Waals surface area (Å²) in [6, 6.07) is 32.5. The number of anilines is 2. The number of carbonyl (C=O) groups excluding carboxylic acids is 3. The second kappa shape index (κ2) is 20.1. The Labute approximate surface area is 341 Å². The molecule has 0 aromatic heterocycles. The number of hydrogen-bond acceptors (Lipinski definition) is 9. The number of hydrogen-bond donors (Lipinski definition) is 4. The van der Waals surface area contributed by atoms with Crippen molar-refractivity contribution < 1.29 is 38.1 Å². The Kier molecular flexibility index (Phi) is 15.3. The van der Waals surface area contributed by atoms with Crippen LogP contribution >= 0.6 is 0 Å². The largest absolute Gasteiger partial charge is 0.496 e. The van der Waals surface area contributed by atoms with Gasteiger partial charge in [0.2, 0.25) is 0 Å². The van der Waals surface area contributed by atoms with E-state index in [4.69, 9.17) is 29.4 Å². The lowest BCUT2D eigenvalue weighted by Gasteiger charge is -2.26. The molecular formula is C46H54N4O8. The molecule has 0 aliphatic rings. The van der Waals surface area contributed by atoms with Crippen molar-refractivity contribution in [3.05, 3.63) is 137 Å². The number of ether oxygens (including phenoxy) is 5. The predicted molar refractivity (Wildman–Crippen MR) is 228 cm³/mol. The minimum atomic E-state index is -0.330. The van der Waals surface area contributed by atoms with Crippen LogP contribution in [0.3, 0.4) is 0 Å². The quantitative estimate of drug-likeness (QED) is 0.0828. The Hall–Kier alpha value is -6.53. The van der Waals surface area contributed by atoms with Crippen molar-refractivity contribution in [2.24, 2.45) is 5.73 Å². The molecule has 5 aromatic carbocycles. The molecule has 0 aliphatic heterocycles. The maximum absolute atomic E-state index is 12.7. The summed E-state index contributed by atoms with van der Waals surface area (Å²) in [5.41, 5.74) is 10.4. The first-order valence-electron chi connectivity index (χ1n) is 18.6. The zero-order chi connectivity index (χ0) is 42.5. The molecule has 0 bridgehead atoms. The maximum atomic E-state index is 12.7. The molecular weight excluding hydrogens is 737 g/mol. The van der Waals surface area contributed by atoms with Gasteiger partial charge in [-0.25, -0.2) is 0 Å². The molecule has 5 aromatic rings. The monoisotopic (exact) mass is 790 g/mol. The normalized spacial score (nSPS) is 10.9. The fourth-order valence-corrected chi connectivity index (χ4v) is 5.82. The lowest BCUT2D eigenvalue weighted by molar-refractivity contribution is 0.0941. The third kappa shape index (κ3) is 11.3. The Morgan fingerprint density at radius 2 is 0.914 bits per heavy atom. The van der Waals surface area contributed by atoms with E-state index in [9.17, 15) is 14.4 Å². The Balaban J connectivity index is 0.000000273. The number of benzene rings is 5. The molecule has 58 heavy (non-hydrogen) atoms. The van der Waals surface area contributed by atoms with Gasteiger partial charge in [0.25, 0.3) is 17.7 Å². The van der Waals surface area contributed by atoms with Crippen molar-refractivity contribution in [3.8, 4) is 28.7 Å². The average Bonchev–Trinajstić information content (AvgIpc) is 3.25. The van der Waals surface area contributed by atoms with Crippen LogP contribution in [0.5, 0.6) is 28.7 Å². The van der Waals surface area contributed by atoms with Gasteiger partial charge < -0.3 is 45.4 Å². The molecule has 3 amide bonds. The van der Waals surface area contributed by atoms with Crippen LogP contribution in [0.25, 0.3) is 0 Å². The van der Waals surface area contributed by atoms with Crippen molar-refractivity contribution in [2.75, 3.05) is 59.3 Å². The molecule has 0 aliphatic carbocycles. The van der Waals surface area contributed by atoms with Crippen LogP contribution in [0.2, 0.25) is 0 Å². The highest BCUT2D eigenvalue weighted by Gasteiger charge is 2.23. The van der Waals surface area contributed by atoms with Crippen LogP contribution < -0.4 is 45.4 Å². The molecule has 5 N–H and O–H groups in total. The van der Waals surface area contributed by atoms with Gasteiger partial charge in [0.05, 0.1) is 41.1 Å². The Morgan fingerprint density at radius 1 is 0.500 bits per heavy atom. The lowest BCUT2D eigenvalue weighted by atomic mass is 9.84. The summed E-state index contributed by atoms with van der Waals surface area (Å²) in [6.45, 7) is 9.26. The fourth-order valence-electron chi connectivity index (χ4n) is 5.82. The second-order valence-electron chi connectivity index (χ2n) is 14.6. The number of para-hydroxylation sites is 1. The van der Waals surface area contributed by atoms with E-state index in [-0.39, 0.29) is 28.6 Å². The summed E-state index contributed by atoms with van der Waals surface area (Å²) in [5, 5.41) is 8.76. The topological polar surface area (TPSA) is 159 Å². The van der Waals surface area contributed by atoms with Crippen LogP contribution in [-0.4, -0.2) is 66.4 Å². The zero-order valence-electron chi connectivity index (χ0n) is 34.6. The molecule has 12 heteroatoms. The van der Waals surface area contributed by atoms with E-state index in [1.807, 2.05) is 68.4 Å². The number of carbonyl (C=O) groups is 3. The van der Waals surface area contributed by atoms with E-state index in [2.05, 4.69) is 29.8 Å². The Morgan fingerprint density at radius 3 is 1.33 bits per heavy atom. The molecule has 0 saturated heterocycles. The smallest absolute Gasteiger partial charge is 0.255 e. The third-order valence-electron chi connectivity index (χ3n) is 9.69. The summed E-state index contributed by atoms with van der Waals surface area (Å²) >= 11 is 0. The van der Waals surface area contributed by atoms with Crippen LogP contribution in [0.1, 0.15) is 69.9 Å². The standard InChI is InChI=1S/C27H30N2O5.C19H24N2O3/c1-27(2,17-28-26(31)21-8-6-7-9-22(21)32-3)19-11-13-20(14-12-19)29-25(30)18-10-15-23(33-4)24(16-18)34-5;1-19(2,12-20)14-6-8-15(9-7-14)21-18(22)13-5-10-16(23-3)17(11-13)24-4/h6-16H,17H2,1-5H3,(H,28,31)(H,29,30);5-11H,12,20H2,1-4H3,(H,21,22). The van der Waals surface area contributed by atoms with Gasteiger partial charge >= 0.3 is 0 Å². The summed E-state index contributed by atoms with van der Waals surface area (Å²) in [7, 11) is 7.71. The van der Waals surface area contributed by atoms with Crippen LogP contribution in [0.4, 0.5) is 11.4 Å². The van der Waals surface area contributed by atoms with Gasteiger partial charge in [-0.2, -0.15) is 0 Å². The highest BCUT2D eigenvalue weighted by molar-refractivity contribution is 6.05.